The highest BCUT2D eigenvalue weighted by Gasteiger charge is 2.31. The average molecular weight is 410 g/mol. The highest BCUT2D eigenvalue weighted by molar-refractivity contribution is 6.06. The molecule has 2 N–H and O–H groups in total. The first-order valence-electron chi connectivity index (χ1n) is 8.93. The van der Waals surface area contributed by atoms with Crippen molar-refractivity contribution in [2.45, 2.75) is 26.4 Å². The maximum Gasteiger partial charge on any atom is 0.416 e. The lowest BCUT2D eigenvalue weighted by Gasteiger charge is -2.15. The number of carbonyl (C=O) groups excluding carboxylic acids is 2. The summed E-state index contributed by atoms with van der Waals surface area (Å²) in [5.41, 5.74) is -0.558. The van der Waals surface area contributed by atoms with Gasteiger partial charge in [-0.05, 0) is 49.7 Å². The van der Waals surface area contributed by atoms with Gasteiger partial charge in [-0.15, -0.1) is 0 Å². The van der Waals surface area contributed by atoms with Crippen LogP contribution in [-0.4, -0.2) is 25.2 Å². The van der Waals surface area contributed by atoms with E-state index in [1.165, 1.54) is 24.3 Å². The highest BCUT2D eigenvalue weighted by atomic mass is 19.4. The summed E-state index contributed by atoms with van der Waals surface area (Å²) >= 11 is 0. The molecule has 0 radical (unpaired) electrons. The number of alkyl halides is 3. The van der Waals surface area contributed by atoms with E-state index < -0.39 is 23.7 Å². The van der Waals surface area contributed by atoms with Crippen molar-refractivity contribution < 1.29 is 32.2 Å². The third-order valence-corrected chi connectivity index (χ3v) is 3.66. The van der Waals surface area contributed by atoms with Gasteiger partial charge in [-0.25, -0.2) is 4.79 Å². The lowest BCUT2D eigenvalue weighted by molar-refractivity contribution is -0.137. The number of carbonyl (C=O) groups is 2. The Bertz CT molecular complexity index is 869. The third kappa shape index (κ3) is 6.41. The van der Waals surface area contributed by atoms with Gasteiger partial charge in [0.25, 0.3) is 5.91 Å². The molecule has 0 unspecified atom stereocenters. The minimum absolute atomic E-state index is 0.0953. The molecule has 0 heterocycles. The van der Waals surface area contributed by atoms with Crippen molar-refractivity contribution in [3.8, 4) is 5.75 Å². The molecule has 0 aliphatic carbocycles. The second kappa shape index (κ2) is 9.81. The molecule has 0 bridgehead atoms. The van der Waals surface area contributed by atoms with Crippen LogP contribution in [0.5, 0.6) is 5.75 Å². The van der Waals surface area contributed by atoms with Crippen LogP contribution in [0, 0.1) is 0 Å². The minimum Gasteiger partial charge on any atom is -0.491 e. The van der Waals surface area contributed by atoms with Crippen molar-refractivity contribution in [3.63, 3.8) is 0 Å². The predicted molar refractivity (Wildman–Crippen MR) is 102 cm³/mol. The molecule has 2 aromatic carbocycles. The standard InChI is InChI=1S/C20H21F3N2O4/c1-3-10-29-17-9-8-14(20(21,22)23)12-16(17)25-18(26)13-6-5-7-15(11-13)24-19(27)28-4-2/h5-9,11-12H,3-4,10H2,1-2H3,(H,24,27)(H,25,26). The van der Waals surface area contributed by atoms with Crippen LogP contribution in [0.3, 0.4) is 0 Å². The van der Waals surface area contributed by atoms with Crippen LogP contribution in [-0.2, 0) is 10.9 Å². The Hall–Kier alpha value is -3.23. The molecule has 0 aliphatic heterocycles. The van der Waals surface area contributed by atoms with E-state index in [-0.39, 0.29) is 30.2 Å². The normalized spacial score (nSPS) is 10.9. The molecule has 0 aliphatic rings. The zero-order valence-corrected chi connectivity index (χ0v) is 15.9. The fourth-order valence-corrected chi connectivity index (χ4v) is 2.36. The molecule has 0 spiro atoms. The lowest BCUT2D eigenvalue weighted by Crippen LogP contribution is -2.16. The number of hydrogen-bond donors (Lipinski definition) is 2. The van der Waals surface area contributed by atoms with Crippen molar-refractivity contribution in [2.24, 2.45) is 0 Å². The van der Waals surface area contributed by atoms with E-state index in [4.69, 9.17) is 9.47 Å². The van der Waals surface area contributed by atoms with Gasteiger partial charge >= 0.3 is 12.3 Å². The van der Waals surface area contributed by atoms with Gasteiger partial charge in [-0.1, -0.05) is 13.0 Å². The van der Waals surface area contributed by atoms with E-state index in [0.29, 0.717) is 12.1 Å². The number of benzene rings is 2. The summed E-state index contributed by atoms with van der Waals surface area (Å²) in [6, 6.07) is 8.81. The van der Waals surface area contributed by atoms with Gasteiger partial charge in [0.05, 0.1) is 24.5 Å². The van der Waals surface area contributed by atoms with Crippen LogP contribution < -0.4 is 15.4 Å². The topological polar surface area (TPSA) is 76.7 Å². The summed E-state index contributed by atoms with van der Waals surface area (Å²) in [5.74, 6) is -0.521. The van der Waals surface area contributed by atoms with Crippen LogP contribution in [0.25, 0.3) is 0 Å². The van der Waals surface area contributed by atoms with Crippen LogP contribution in [0.15, 0.2) is 42.5 Å². The third-order valence-electron chi connectivity index (χ3n) is 3.66. The SMILES string of the molecule is CCCOc1ccc(C(F)(F)F)cc1NC(=O)c1cccc(NC(=O)OCC)c1. The highest BCUT2D eigenvalue weighted by Crippen LogP contribution is 2.35. The van der Waals surface area contributed by atoms with Crippen LogP contribution in [0.4, 0.5) is 29.3 Å². The number of amides is 2. The van der Waals surface area contributed by atoms with Crippen LogP contribution in [0.1, 0.15) is 36.2 Å². The van der Waals surface area contributed by atoms with Gasteiger partial charge in [0.2, 0.25) is 0 Å². The molecule has 2 aromatic rings. The smallest absolute Gasteiger partial charge is 0.416 e. The zero-order chi connectivity index (χ0) is 21.4. The fourth-order valence-electron chi connectivity index (χ4n) is 2.36. The summed E-state index contributed by atoms with van der Waals surface area (Å²) in [7, 11) is 0. The summed E-state index contributed by atoms with van der Waals surface area (Å²) in [4.78, 5) is 24.1. The van der Waals surface area contributed by atoms with Gasteiger partial charge in [-0.3, -0.25) is 10.1 Å². The number of ether oxygens (including phenoxy) is 2. The Labute approximate surface area is 166 Å². The monoisotopic (exact) mass is 410 g/mol. The molecule has 29 heavy (non-hydrogen) atoms. The first-order valence-corrected chi connectivity index (χ1v) is 8.93. The Morgan fingerprint density at radius 2 is 1.79 bits per heavy atom. The predicted octanol–water partition coefficient (Wildman–Crippen LogP) is 5.31. The quantitative estimate of drug-likeness (QED) is 0.648. The number of halogens is 3. The van der Waals surface area contributed by atoms with E-state index in [1.807, 2.05) is 6.92 Å². The minimum atomic E-state index is -4.56. The molecular formula is C20H21F3N2O4. The first-order chi connectivity index (χ1) is 13.7. The van der Waals surface area contributed by atoms with Gasteiger partial charge in [0.1, 0.15) is 5.75 Å². The van der Waals surface area contributed by atoms with Crippen LogP contribution in [0.2, 0.25) is 0 Å². The molecule has 0 fully saturated rings. The van der Waals surface area contributed by atoms with Crippen molar-refractivity contribution in [1.29, 1.82) is 0 Å². The molecule has 2 rings (SSSR count). The first kappa shape index (κ1) is 22.1. The summed E-state index contributed by atoms with van der Waals surface area (Å²) in [6.07, 6.45) is -4.60. The van der Waals surface area contributed by atoms with E-state index in [1.54, 1.807) is 13.0 Å². The molecular weight excluding hydrogens is 389 g/mol. The van der Waals surface area contributed by atoms with Crippen molar-refractivity contribution in [1.82, 2.24) is 0 Å². The Kier molecular flexibility index (Phi) is 7.46. The molecule has 0 aromatic heterocycles. The Balaban J connectivity index is 2.25. The second-order valence-electron chi connectivity index (χ2n) is 5.94. The van der Waals surface area contributed by atoms with Crippen LogP contribution >= 0.6 is 0 Å². The fraction of sp³-hybridized carbons (Fsp3) is 0.300. The maximum atomic E-state index is 13.0. The molecule has 9 heteroatoms. The Morgan fingerprint density at radius 1 is 1.03 bits per heavy atom. The maximum absolute atomic E-state index is 13.0. The largest absolute Gasteiger partial charge is 0.491 e. The molecule has 2 amide bonds. The van der Waals surface area contributed by atoms with Crippen molar-refractivity contribution in [3.05, 3.63) is 53.6 Å². The van der Waals surface area contributed by atoms with Gasteiger partial charge in [0.15, 0.2) is 0 Å². The average Bonchev–Trinajstić information content (AvgIpc) is 2.66. The molecule has 6 nitrogen and oxygen atoms in total. The van der Waals surface area contributed by atoms with Crippen molar-refractivity contribution >= 4 is 23.4 Å². The summed E-state index contributed by atoms with van der Waals surface area (Å²) in [5, 5.41) is 4.90. The molecule has 0 saturated carbocycles. The molecule has 156 valence electrons. The number of anilines is 2. The summed E-state index contributed by atoms with van der Waals surface area (Å²) in [6.45, 7) is 3.97. The van der Waals surface area contributed by atoms with Gasteiger partial charge in [0, 0.05) is 11.3 Å². The number of hydrogen-bond acceptors (Lipinski definition) is 4. The van der Waals surface area contributed by atoms with E-state index in [9.17, 15) is 22.8 Å². The van der Waals surface area contributed by atoms with E-state index in [2.05, 4.69) is 10.6 Å². The molecule has 0 saturated heterocycles. The number of rotatable bonds is 7. The van der Waals surface area contributed by atoms with Gasteiger partial charge < -0.3 is 14.8 Å². The van der Waals surface area contributed by atoms with Crippen molar-refractivity contribution in [2.75, 3.05) is 23.8 Å². The van der Waals surface area contributed by atoms with E-state index in [0.717, 1.165) is 12.1 Å². The molecule has 0 atom stereocenters. The van der Waals surface area contributed by atoms with E-state index >= 15 is 0 Å². The Morgan fingerprint density at radius 3 is 2.45 bits per heavy atom. The van der Waals surface area contributed by atoms with Gasteiger partial charge in [-0.2, -0.15) is 13.2 Å². The zero-order valence-electron chi connectivity index (χ0n) is 15.9. The lowest BCUT2D eigenvalue weighted by atomic mass is 10.1. The summed E-state index contributed by atoms with van der Waals surface area (Å²) < 4.78 is 49.3. The second-order valence-corrected chi connectivity index (χ2v) is 5.94. The number of nitrogens with one attached hydrogen (secondary N) is 2.